The largest absolute Gasteiger partial charge is 0.431 e. The molecule has 1 saturated carbocycles. The molecule has 1 fully saturated rings. The first-order chi connectivity index (χ1) is 12.3. The molecule has 1 atom stereocenters. The minimum Gasteiger partial charge on any atom is -0.431 e. The first-order valence-electron chi connectivity index (χ1n) is 8.62. The third-order valence-corrected chi connectivity index (χ3v) is 5.59. The van der Waals surface area contributed by atoms with E-state index in [9.17, 15) is 4.79 Å². The molecule has 4 rings (SSSR count). The summed E-state index contributed by atoms with van der Waals surface area (Å²) < 4.78 is 6.11. The van der Waals surface area contributed by atoms with Crippen LogP contribution in [0, 0.1) is 0 Å². The summed E-state index contributed by atoms with van der Waals surface area (Å²) >= 11 is 1.47. The van der Waals surface area contributed by atoms with E-state index < -0.39 is 0 Å². The van der Waals surface area contributed by atoms with Crippen LogP contribution in [0.5, 0.6) is 0 Å². The number of hydrogen-bond donors (Lipinski definition) is 0. The predicted molar refractivity (Wildman–Crippen MR) is 100 cm³/mol. The summed E-state index contributed by atoms with van der Waals surface area (Å²) in [5.41, 5.74) is 2.85. The molecule has 0 spiro atoms. The molecule has 25 heavy (non-hydrogen) atoms. The van der Waals surface area contributed by atoms with Gasteiger partial charge in [0.2, 0.25) is 0 Å². The Kier molecular flexibility index (Phi) is 4.70. The standard InChI is InChI=1S/C21H19NO2S/c23-17-13-7-8-14-18(17)25-21-22-19(15-9-3-1-4-10-15)20(24-21)16-11-5-2-6-12-16/h1-6,9-12,18H,7-8,13-14H2/t18-/m0/s1. The zero-order valence-electron chi connectivity index (χ0n) is 13.9. The van der Waals surface area contributed by atoms with E-state index in [-0.39, 0.29) is 5.25 Å². The third kappa shape index (κ3) is 3.54. The normalized spacial score (nSPS) is 17.6. The number of ketones is 1. The SMILES string of the molecule is O=C1CCCC[C@@H]1Sc1nc(-c2ccccc2)c(-c2ccccc2)o1. The maximum absolute atomic E-state index is 12.1. The summed E-state index contributed by atoms with van der Waals surface area (Å²) in [5.74, 6) is 1.08. The Balaban J connectivity index is 1.72. The van der Waals surface area contributed by atoms with Gasteiger partial charge in [-0.3, -0.25) is 4.79 Å². The van der Waals surface area contributed by atoms with E-state index in [0.29, 0.717) is 17.4 Å². The Morgan fingerprint density at radius 2 is 1.60 bits per heavy atom. The molecule has 1 heterocycles. The van der Waals surface area contributed by atoms with Gasteiger partial charge in [-0.1, -0.05) is 78.8 Å². The van der Waals surface area contributed by atoms with Crippen LogP contribution in [-0.4, -0.2) is 16.0 Å². The van der Waals surface area contributed by atoms with Gasteiger partial charge in [0.05, 0.1) is 5.25 Å². The molecule has 3 nitrogen and oxygen atoms in total. The van der Waals surface area contributed by atoms with Crippen molar-refractivity contribution in [3.63, 3.8) is 0 Å². The third-order valence-electron chi connectivity index (χ3n) is 4.43. The molecule has 0 bridgehead atoms. The molecule has 0 N–H and O–H groups in total. The molecule has 0 unspecified atom stereocenters. The maximum Gasteiger partial charge on any atom is 0.257 e. The number of nitrogens with zero attached hydrogens (tertiary/aromatic N) is 1. The highest BCUT2D eigenvalue weighted by atomic mass is 32.2. The zero-order chi connectivity index (χ0) is 17.1. The van der Waals surface area contributed by atoms with Crippen molar-refractivity contribution in [1.82, 2.24) is 4.98 Å². The predicted octanol–water partition coefficient (Wildman–Crippen LogP) is 5.61. The minimum absolute atomic E-state index is 0.0281. The van der Waals surface area contributed by atoms with Gasteiger partial charge in [-0.05, 0) is 12.8 Å². The van der Waals surface area contributed by atoms with Crippen molar-refractivity contribution in [2.75, 3.05) is 0 Å². The number of oxazole rings is 1. The molecule has 126 valence electrons. The van der Waals surface area contributed by atoms with Crippen LogP contribution in [0.3, 0.4) is 0 Å². The number of benzene rings is 2. The lowest BCUT2D eigenvalue weighted by atomic mass is 9.99. The van der Waals surface area contributed by atoms with Crippen molar-refractivity contribution in [1.29, 1.82) is 0 Å². The average molecular weight is 349 g/mol. The highest BCUT2D eigenvalue weighted by Crippen LogP contribution is 2.38. The zero-order valence-corrected chi connectivity index (χ0v) is 14.7. The van der Waals surface area contributed by atoms with Crippen LogP contribution in [0.25, 0.3) is 22.6 Å². The van der Waals surface area contributed by atoms with Gasteiger partial charge in [-0.25, -0.2) is 4.98 Å². The highest BCUT2D eigenvalue weighted by Gasteiger charge is 2.26. The second-order valence-corrected chi connectivity index (χ2v) is 7.36. The Morgan fingerprint density at radius 3 is 2.28 bits per heavy atom. The summed E-state index contributed by atoms with van der Waals surface area (Å²) in [7, 11) is 0. The molecular weight excluding hydrogens is 330 g/mol. The van der Waals surface area contributed by atoms with Gasteiger partial charge >= 0.3 is 0 Å². The summed E-state index contributed by atoms with van der Waals surface area (Å²) in [6.07, 6.45) is 3.69. The lowest BCUT2D eigenvalue weighted by Gasteiger charge is -2.17. The van der Waals surface area contributed by atoms with E-state index in [4.69, 9.17) is 9.40 Å². The van der Waals surface area contributed by atoms with E-state index in [1.165, 1.54) is 11.8 Å². The highest BCUT2D eigenvalue weighted by molar-refractivity contribution is 8.00. The Hall–Kier alpha value is -2.33. The van der Waals surface area contributed by atoms with Gasteiger partial charge in [0.1, 0.15) is 11.5 Å². The Labute approximate surface area is 151 Å². The molecule has 0 saturated heterocycles. The summed E-state index contributed by atoms with van der Waals surface area (Å²) in [5, 5.41) is 0.553. The van der Waals surface area contributed by atoms with Crippen molar-refractivity contribution in [2.24, 2.45) is 0 Å². The molecule has 3 aromatic rings. The van der Waals surface area contributed by atoms with E-state index in [2.05, 4.69) is 0 Å². The van der Waals surface area contributed by atoms with Gasteiger partial charge in [0, 0.05) is 17.5 Å². The van der Waals surface area contributed by atoms with Crippen LogP contribution in [0.1, 0.15) is 25.7 Å². The molecule has 0 amide bonds. The number of aromatic nitrogens is 1. The first kappa shape index (κ1) is 16.2. The van der Waals surface area contributed by atoms with Crippen LogP contribution in [0.2, 0.25) is 0 Å². The van der Waals surface area contributed by atoms with Crippen molar-refractivity contribution in [3.8, 4) is 22.6 Å². The number of carbonyl (C=O) groups is 1. The molecule has 0 radical (unpaired) electrons. The Bertz CT molecular complexity index is 801. The van der Waals surface area contributed by atoms with Crippen LogP contribution in [0.15, 0.2) is 70.3 Å². The van der Waals surface area contributed by atoms with Crippen molar-refractivity contribution in [3.05, 3.63) is 60.7 Å². The van der Waals surface area contributed by atoms with Crippen LogP contribution in [0.4, 0.5) is 0 Å². The number of hydrogen-bond acceptors (Lipinski definition) is 4. The molecule has 0 aliphatic heterocycles. The van der Waals surface area contributed by atoms with Gasteiger partial charge in [-0.15, -0.1) is 0 Å². The van der Waals surface area contributed by atoms with Gasteiger partial charge in [-0.2, -0.15) is 0 Å². The van der Waals surface area contributed by atoms with Crippen molar-refractivity contribution < 1.29 is 9.21 Å². The first-order valence-corrected chi connectivity index (χ1v) is 9.50. The molecule has 4 heteroatoms. The molecule has 1 aliphatic carbocycles. The van der Waals surface area contributed by atoms with Crippen molar-refractivity contribution in [2.45, 2.75) is 36.2 Å². The minimum atomic E-state index is -0.0281. The number of rotatable bonds is 4. The van der Waals surface area contributed by atoms with Crippen LogP contribution < -0.4 is 0 Å². The van der Waals surface area contributed by atoms with E-state index in [1.807, 2.05) is 60.7 Å². The fourth-order valence-corrected chi connectivity index (χ4v) is 4.18. The summed E-state index contributed by atoms with van der Waals surface area (Å²) in [6, 6.07) is 20.1. The lowest BCUT2D eigenvalue weighted by molar-refractivity contribution is -0.119. The Morgan fingerprint density at radius 1 is 0.920 bits per heavy atom. The molecule has 1 aliphatic rings. The monoisotopic (exact) mass is 349 g/mol. The molecule has 2 aromatic carbocycles. The van der Waals surface area contributed by atoms with E-state index in [1.54, 1.807) is 0 Å². The van der Waals surface area contributed by atoms with Gasteiger partial charge in [0.25, 0.3) is 5.22 Å². The topological polar surface area (TPSA) is 43.1 Å². The lowest BCUT2D eigenvalue weighted by Crippen LogP contribution is -2.21. The van der Waals surface area contributed by atoms with E-state index in [0.717, 1.165) is 41.8 Å². The van der Waals surface area contributed by atoms with Crippen LogP contribution >= 0.6 is 11.8 Å². The second kappa shape index (κ2) is 7.28. The fraction of sp³-hybridized carbons (Fsp3) is 0.238. The van der Waals surface area contributed by atoms with Gasteiger partial charge in [0.15, 0.2) is 5.76 Å². The van der Waals surface area contributed by atoms with Crippen molar-refractivity contribution >= 4 is 17.5 Å². The maximum atomic E-state index is 12.1. The van der Waals surface area contributed by atoms with Crippen LogP contribution in [-0.2, 0) is 4.79 Å². The molecular formula is C21H19NO2S. The molecule has 1 aromatic heterocycles. The quantitative estimate of drug-likeness (QED) is 0.614. The average Bonchev–Trinajstić information content (AvgIpc) is 3.09. The number of thioether (sulfide) groups is 1. The van der Waals surface area contributed by atoms with Gasteiger partial charge < -0.3 is 4.42 Å². The fourth-order valence-electron chi connectivity index (χ4n) is 3.13. The summed E-state index contributed by atoms with van der Waals surface area (Å²) in [4.78, 5) is 16.9. The smallest absolute Gasteiger partial charge is 0.257 e. The number of Topliss-reactive ketones (excluding diaryl/α,β-unsaturated/α-hetero) is 1. The second-order valence-electron chi connectivity index (χ2n) is 6.21. The number of carbonyl (C=O) groups excluding carboxylic acids is 1. The van der Waals surface area contributed by atoms with E-state index >= 15 is 0 Å². The summed E-state index contributed by atoms with van der Waals surface area (Å²) in [6.45, 7) is 0.